The van der Waals surface area contributed by atoms with Crippen molar-refractivity contribution >= 4 is 17.2 Å². The van der Waals surface area contributed by atoms with Crippen molar-refractivity contribution in [2.24, 2.45) is 0 Å². The fraction of sp³-hybridized carbons (Fsp3) is 0.238. The standard InChI is InChI=1S/C21H20N2O3S/c24-21(19-15-25-17-8-4-5-9-18(17)26-19)23(14-20-22-11-13-27-20)12-10-16-6-2-1-3-7-16/h1-9,11,13,19H,10,12,14-15H2/t19-/m0/s1. The van der Waals surface area contributed by atoms with Gasteiger partial charge in [-0.25, -0.2) is 4.98 Å². The van der Waals surface area contributed by atoms with Crippen LogP contribution in [-0.4, -0.2) is 35.0 Å². The molecule has 27 heavy (non-hydrogen) atoms. The molecule has 2 heterocycles. The molecular formula is C21H20N2O3S. The maximum absolute atomic E-state index is 13.2. The lowest BCUT2D eigenvalue weighted by Crippen LogP contribution is -2.46. The molecule has 2 aromatic carbocycles. The summed E-state index contributed by atoms with van der Waals surface area (Å²) in [5.74, 6) is 1.22. The quantitative estimate of drug-likeness (QED) is 0.656. The van der Waals surface area contributed by atoms with Gasteiger partial charge >= 0.3 is 0 Å². The van der Waals surface area contributed by atoms with Crippen molar-refractivity contribution in [3.63, 3.8) is 0 Å². The number of hydrogen-bond donors (Lipinski definition) is 0. The molecule has 1 aliphatic rings. The minimum Gasteiger partial charge on any atom is -0.485 e. The lowest BCUT2D eigenvalue weighted by Gasteiger charge is -2.30. The highest BCUT2D eigenvalue weighted by Crippen LogP contribution is 2.31. The number of para-hydroxylation sites is 2. The van der Waals surface area contributed by atoms with Gasteiger partial charge in [-0.15, -0.1) is 11.3 Å². The second kappa shape index (κ2) is 8.22. The van der Waals surface area contributed by atoms with Gasteiger partial charge in [0, 0.05) is 18.1 Å². The van der Waals surface area contributed by atoms with Crippen LogP contribution in [-0.2, 0) is 17.8 Å². The Bertz CT molecular complexity index is 883. The highest BCUT2D eigenvalue weighted by Gasteiger charge is 2.31. The van der Waals surface area contributed by atoms with Crippen LogP contribution in [0.5, 0.6) is 11.5 Å². The van der Waals surface area contributed by atoms with Gasteiger partial charge < -0.3 is 14.4 Å². The fourth-order valence-electron chi connectivity index (χ4n) is 3.02. The Kier molecular flexibility index (Phi) is 5.34. The number of thiazole rings is 1. The Morgan fingerprint density at radius 1 is 1.11 bits per heavy atom. The first-order valence-electron chi connectivity index (χ1n) is 8.89. The van der Waals surface area contributed by atoms with Gasteiger partial charge in [-0.2, -0.15) is 0 Å². The molecule has 4 rings (SSSR count). The lowest BCUT2D eigenvalue weighted by atomic mass is 10.1. The summed E-state index contributed by atoms with van der Waals surface area (Å²) in [6.45, 7) is 1.30. The highest BCUT2D eigenvalue weighted by molar-refractivity contribution is 7.09. The van der Waals surface area contributed by atoms with Gasteiger partial charge in [-0.05, 0) is 24.1 Å². The second-order valence-electron chi connectivity index (χ2n) is 6.29. The van der Waals surface area contributed by atoms with Crippen LogP contribution >= 0.6 is 11.3 Å². The summed E-state index contributed by atoms with van der Waals surface area (Å²) >= 11 is 1.55. The SMILES string of the molecule is O=C([C@@H]1COc2ccccc2O1)N(CCc1ccccc1)Cc1nccs1. The smallest absolute Gasteiger partial charge is 0.267 e. The molecule has 0 radical (unpaired) electrons. The van der Waals surface area contributed by atoms with E-state index in [-0.39, 0.29) is 12.5 Å². The average molecular weight is 380 g/mol. The molecule has 0 fully saturated rings. The summed E-state index contributed by atoms with van der Waals surface area (Å²) < 4.78 is 11.6. The van der Waals surface area contributed by atoms with Gasteiger partial charge in [0.05, 0.1) is 6.54 Å². The van der Waals surface area contributed by atoms with Gasteiger partial charge in [-0.3, -0.25) is 4.79 Å². The summed E-state index contributed by atoms with van der Waals surface area (Å²) in [6, 6.07) is 17.6. The molecule has 1 aliphatic heterocycles. The first-order valence-corrected chi connectivity index (χ1v) is 9.77. The molecule has 0 bridgehead atoms. The topological polar surface area (TPSA) is 51.7 Å². The lowest BCUT2D eigenvalue weighted by molar-refractivity contribution is -0.141. The zero-order chi connectivity index (χ0) is 18.5. The zero-order valence-corrected chi connectivity index (χ0v) is 15.6. The van der Waals surface area contributed by atoms with Crippen LogP contribution in [0.15, 0.2) is 66.2 Å². The van der Waals surface area contributed by atoms with Crippen LogP contribution < -0.4 is 9.47 Å². The predicted molar refractivity (Wildman–Crippen MR) is 104 cm³/mol. The maximum Gasteiger partial charge on any atom is 0.267 e. The second-order valence-corrected chi connectivity index (χ2v) is 7.26. The molecule has 1 aromatic heterocycles. The molecule has 0 N–H and O–H groups in total. The van der Waals surface area contributed by atoms with E-state index in [0.29, 0.717) is 24.6 Å². The summed E-state index contributed by atoms with van der Waals surface area (Å²) in [6.07, 6.45) is 1.90. The Morgan fingerprint density at radius 2 is 1.89 bits per heavy atom. The number of rotatable bonds is 6. The monoisotopic (exact) mass is 380 g/mol. The van der Waals surface area contributed by atoms with Crippen LogP contribution in [0, 0.1) is 0 Å². The molecule has 0 unspecified atom stereocenters. The largest absolute Gasteiger partial charge is 0.485 e. The van der Waals surface area contributed by atoms with Crippen molar-refractivity contribution in [3.8, 4) is 11.5 Å². The van der Waals surface area contributed by atoms with Gasteiger partial charge in [0.15, 0.2) is 11.5 Å². The number of ether oxygens (including phenoxy) is 2. The Morgan fingerprint density at radius 3 is 2.67 bits per heavy atom. The molecule has 3 aromatic rings. The third-order valence-corrected chi connectivity index (χ3v) is 5.18. The molecule has 0 spiro atoms. The van der Waals surface area contributed by atoms with E-state index in [9.17, 15) is 4.79 Å². The van der Waals surface area contributed by atoms with Crippen LogP contribution in [0.1, 0.15) is 10.6 Å². The van der Waals surface area contributed by atoms with E-state index in [1.54, 1.807) is 17.5 Å². The van der Waals surface area contributed by atoms with Crippen molar-refractivity contribution < 1.29 is 14.3 Å². The van der Waals surface area contributed by atoms with E-state index in [1.807, 2.05) is 52.7 Å². The predicted octanol–water partition coefficient (Wildman–Crippen LogP) is 3.55. The number of fused-ring (bicyclic) bond motifs is 1. The molecule has 5 nitrogen and oxygen atoms in total. The molecule has 0 aliphatic carbocycles. The molecule has 0 saturated heterocycles. The zero-order valence-electron chi connectivity index (χ0n) is 14.8. The first-order chi connectivity index (χ1) is 13.3. The Balaban J connectivity index is 1.48. The van der Waals surface area contributed by atoms with Crippen molar-refractivity contribution in [1.29, 1.82) is 0 Å². The van der Waals surface area contributed by atoms with E-state index in [4.69, 9.17) is 9.47 Å². The van der Waals surface area contributed by atoms with Crippen LogP contribution in [0.2, 0.25) is 0 Å². The minimum atomic E-state index is -0.643. The van der Waals surface area contributed by atoms with E-state index < -0.39 is 6.10 Å². The summed E-state index contributed by atoms with van der Waals surface area (Å²) in [4.78, 5) is 19.3. The third kappa shape index (κ3) is 4.28. The van der Waals surface area contributed by atoms with Crippen molar-refractivity contribution in [2.75, 3.05) is 13.2 Å². The van der Waals surface area contributed by atoms with Crippen molar-refractivity contribution in [2.45, 2.75) is 19.1 Å². The molecule has 6 heteroatoms. The molecular weight excluding hydrogens is 360 g/mol. The molecule has 1 atom stereocenters. The van der Waals surface area contributed by atoms with Crippen molar-refractivity contribution in [1.82, 2.24) is 9.88 Å². The summed E-state index contributed by atoms with van der Waals surface area (Å²) in [5, 5.41) is 2.83. The van der Waals surface area contributed by atoms with Crippen LogP contribution in [0.4, 0.5) is 0 Å². The van der Waals surface area contributed by atoms with Crippen LogP contribution in [0.25, 0.3) is 0 Å². The maximum atomic E-state index is 13.2. The minimum absolute atomic E-state index is 0.0735. The molecule has 1 amide bonds. The van der Waals surface area contributed by atoms with Gasteiger partial charge in [0.1, 0.15) is 11.6 Å². The van der Waals surface area contributed by atoms with E-state index >= 15 is 0 Å². The van der Waals surface area contributed by atoms with Crippen molar-refractivity contribution in [3.05, 3.63) is 76.7 Å². The summed E-state index contributed by atoms with van der Waals surface area (Å²) in [7, 11) is 0. The fourth-order valence-corrected chi connectivity index (χ4v) is 3.65. The number of carbonyl (C=O) groups is 1. The number of aromatic nitrogens is 1. The van der Waals surface area contributed by atoms with Crippen LogP contribution in [0.3, 0.4) is 0 Å². The van der Waals surface area contributed by atoms with Gasteiger partial charge in [0.25, 0.3) is 5.91 Å². The summed E-state index contributed by atoms with van der Waals surface area (Å²) in [5.41, 5.74) is 1.19. The highest BCUT2D eigenvalue weighted by atomic mass is 32.1. The number of amides is 1. The van der Waals surface area contributed by atoms with E-state index in [0.717, 1.165) is 11.4 Å². The number of carbonyl (C=O) groups excluding carboxylic acids is 1. The van der Waals surface area contributed by atoms with Gasteiger partial charge in [0.2, 0.25) is 6.10 Å². The third-order valence-electron chi connectivity index (χ3n) is 4.42. The number of nitrogens with zero attached hydrogens (tertiary/aromatic N) is 2. The normalized spacial score (nSPS) is 15.3. The van der Waals surface area contributed by atoms with Gasteiger partial charge in [-0.1, -0.05) is 42.5 Å². The Labute approximate surface area is 162 Å². The first kappa shape index (κ1) is 17.5. The average Bonchev–Trinajstić information content (AvgIpc) is 3.24. The van der Waals surface area contributed by atoms with E-state index in [2.05, 4.69) is 17.1 Å². The van der Waals surface area contributed by atoms with E-state index in [1.165, 1.54) is 5.56 Å². The molecule has 0 saturated carbocycles. The number of benzene rings is 2. The number of hydrogen-bond acceptors (Lipinski definition) is 5. The Hall–Kier alpha value is -2.86. The molecule has 138 valence electrons.